The van der Waals surface area contributed by atoms with E-state index in [0.717, 1.165) is 22.5 Å². The molecule has 0 fully saturated rings. The molecular weight excluding hydrogens is 362 g/mol. The fourth-order valence-corrected chi connectivity index (χ4v) is 3.02. The summed E-state index contributed by atoms with van der Waals surface area (Å²) in [6, 6.07) is 24.9. The van der Waals surface area contributed by atoms with Gasteiger partial charge in [-0.2, -0.15) is 0 Å². The SMILES string of the molecule is CC(=O)N[C@H](CC(=O)Nc1ccc(Nc2ccccc2)cc1)c1ccc(C)cc1. The lowest BCUT2D eigenvalue weighted by Gasteiger charge is -2.18. The molecule has 0 aliphatic carbocycles. The summed E-state index contributed by atoms with van der Waals surface area (Å²) in [7, 11) is 0. The highest BCUT2D eigenvalue weighted by Crippen LogP contribution is 2.21. The predicted molar refractivity (Wildman–Crippen MR) is 117 cm³/mol. The van der Waals surface area contributed by atoms with E-state index in [0.29, 0.717) is 5.69 Å². The molecule has 5 heteroatoms. The van der Waals surface area contributed by atoms with Crippen molar-refractivity contribution in [3.63, 3.8) is 0 Å². The number of hydrogen-bond acceptors (Lipinski definition) is 3. The first-order valence-corrected chi connectivity index (χ1v) is 9.55. The number of amides is 2. The first kappa shape index (κ1) is 20.1. The van der Waals surface area contributed by atoms with E-state index in [1.54, 1.807) is 0 Å². The molecule has 0 spiro atoms. The molecule has 1 atom stereocenters. The summed E-state index contributed by atoms with van der Waals surface area (Å²) in [6.45, 7) is 3.46. The quantitative estimate of drug-likeness (QED) is 0.537. The molecular formula is C24H25N3O2. The van der Waals surface area contributed by atoms with E-state index in [1.165, 1.54) is 6.92 Å². The smallest absolute Gasteiger partial charge is 0.226 e. The van der Waals surface area contributed by atoms with Crippen LogP contribution in [-0.4, -0.2) is 11.8 Å². The third-order valence-corrected chi connectivity index (χ3v) is 4.48. The molecule has 0 heterocycles. The van der Waals surface area contributed by atoms with Gasteiger partial charge in [-0.05, 0) is 48.9 Å². The van der Waals surface area contributed by atoms with Gasteiger partial charge >= 0.3 is 0 Å². The van der Waals surface area contributed by atoms with Crippen LogP contribution in [0.4, 0.5) is 17.1 Å². The predicted octanol–water partition coefficient (Wildman–Crippen LogP) is 4.94. The molecule has 29 heavy (non-hydrogen) atoms. The molecule has 0 bridgehead atoms. The van der Waals surface area contributed by atoms with Gasteiger partial charge in [0, 0.05) is 24.0 Å². The van der Waals surface area contributed by atoms with Gasteiger partial charge in [-0.1, -0.05) is 48.0 Å². The van der Waals surface area contributed by atoms with Crippen LogP contribution in [0.5, 0.6) is 0 Å². The zero-order valence-corrected chi connectivity index (χ0v) is 16.6. The van der Waals surface area contributed by atoms with Gasteiger partial charge in [-0.25, -0.2) is 0 Å². The minimum absolute atomic E-state index is 0.159. The Kier molecular flexibility index (Phi) is 6.63. The molecule has 0 saturated carbocycles. The maximum absolute atomic E-state index is 12.5. The first-order valence-electron chi connectivity index (χ1n) is 9.55. The number of carbonyl (C=O) groups is 2. The van der Waals surface area contributed by atoms with Crippen molar-refractivity contribution in [1.29, 1.82) is 0 Å². The third kappa shape index (κ3) is 6.21. The van der Waals surface area contributed by atoms with Gasteiger partial charge in [0.25, 0.3) is 0 Å². The molecule has 0 radical (unpaired) electrons. The van der Waals surface area contributed by atoms with Crippen molar-refractivity contribution < 1.29 is 9.59 Å². The molecule has 3 N–H and O–H groups in total. The number of aryl methyl sites for hydroxylation is 1. The Bertz CT molecular complexity index is 952. The van der Waals surface area contributed by atoms with Crippen LogP contribution in [0.3, 0.4) is 0 Å². The molecule has 2 amide bonds. The number of carbonyl (C=O) groups excluding carboxylic acids is 2. The molecule has 5 nitrogen and oxygen atoms in total. The minimum Gasteiger partial charge on any atom is -0.356 e. The van der Waals surface area contributed by atoms with Crippen molar-refractivity contribution in [2.45, 2.75) is 26.3 Å². The summed E-state index contributed by atoms with van der Waals surface area (Å²) in [5.74, 6) is -0.326. The Balaban J connectivity index is 1.62. The number of hydrogen-bond donors (Lipinski definition) is 3. The van der Waals surface area contributed by atoms with E-state index in [1.807, 2.05) is 85.8 Å². The second kappa shape index (κ2) is 9.55. The third-order valence-electron chi connectivity index (χ3n) is 4.48. The van der Waals surface area contributed by atoms with Crippen molar-refractivity contribution in [1.82, 2.24) is 5.32 Å². The Morgan fingerprint density at radius 1 is 0.793 bits per heavy atom. The van der Waals surface area contributed by atoms with Crippen molar-refractivity contribution >= 4 is 28.9 Å². The number of nitrogens with one attached hydrogen (secondary N) is 3. The summed E-state index contributed by atoms with van der Waals surface area (Å²) in [5, 5.41) is 9.06. The van der Waals surface area contributed by atoms with E-state index in [-0.39, 0.29) is 24.3 Å². The maximum Gasteiger partial charge on any atom is 0.226 e. The molecule has 0 aliphatic heterocycles. The average Bonchev–Trinajstić information content (AvgIpc) is 2.70. The first-order chi connectivity index (χ1) is 14.0. The second-order valence-corrected chi connectivity index (χ2v) is 6.98. The van der Waals surface area contributed by atoms with E-state index in [2.05, 4.69) is 16.0 Å². The lowest BCUT2D eigenvalue weighted by Crippen LogP contribution is -2.29. The van der Waals surface area contributed by atoms with Gasteiger partial charge in [0.15, 0.2) is 0 Å². The van der Waals surface area contributed by atoms with Gasteiger partial charge in [0.2, 0.25) is 11.8 Å². The van der Waals surface area contributed by atoms with Crippen LogP contribution >= 0.6 is 0 Å². The van der Waals surface area contributed by atoms with Crippen LogP contribution in [0.25, 0.3) is 0 Å². The van der Waals surface area contributed by atoms with Crippen LogP contribution in [0.15, 0.2) is 78.9 Å². The average molecular weight is 387 g/mol. The highest BCUT2D eigenvalue weighted by atomic mass is 16.2. The number of para-hydroxylation sites is 1. The lowest BCUT2D eigenvalue weighted by atomic mass is 10.0. The standard InChI is InChI=1S/C24H25N3O2/c1-17-8-10-19(11-9-17)23(25-18(2)28)16-24(29)27-22-14-12-21(13-15-22)26-20-6-4-3-5-7-20/h3-15,23,26H,16H2,1-2H3,(H,25,28)(H,27,29)/t23-/m1/s1. The lowest BCUT2D eigenvalue weighted by molar-refractivity contribution is -0.120. The molecule has 0 aromatic heterocycles. The zero-order chi connectivity index (χ0) is 20.6. The molecule has 0 saturated heterocycles. The zero-order valence-electron chi connectivity index (χ0n) is 16.6. The van der Waals surface area contributed by atoms with Crippen molar-refractivity contribution in [3.05, 3.63) is 90.0 Å². The fraction of sp³-hybridized carbons (Fsp3) is 0.167. The number of rotatable bonds is 7. The largest absolute Gasteiger partial charge is 0.356 e. The van der Waals surface area contributed by atoms with Crippen molar-refractivity contribution in [2.24, 2.45) is 0 Å². The van der Waals surface area contributed by atoms with Gasteiger partial charge in [-0.3, -0.25) is 9.59 Å². The van der Waals surface area contributed by atoms with Gasteiger partial charge < -0.3 is 16.0 Å². The normalized spacial score (nSPS) is 11.4. The van der Waals surface area contributed by atoms with E-state index >= 15 is 0 Å². The maximum atomic E-state index is 12.5. The highest BCUT2D eigenvalue weighted by molar-refractivity contribution is 5.91. The Hall–Kier alpha value is -3.60. The van der Waals surface area contributed by atoms with Gasteiger partial charge in [-0.15, -0.1) is 0 Å². The minimum atomic E-state index is -0.368. The van der Waals surface area contributed by atoms with Crippen molar-refractivity contribution in [3.8, 4) is 0 Å². The highest BCUT2D eigenvalue weighted by Gasteiger charge is 2.17. The van der Waals surface area contributed by atoms with E-state index in [9.17, 15) is 9.59 Å². The summed E-state index contributed by atoms with van der Waals surface area (Å²) in [6.07, 6.45) is 0.159. The van der Waals surface area contributed by atoms with Gasteiger partial charge in [0.05, 0.1) is 12.5 Å². The molecule has 0 aliphatic rings. The van der Waals surface area contributed by atoms with Crippen LogP contribution in [0.2, 0.25) is 0 Å². The molecule has 3 aromatic rings. The summed E-state index contributed by atoms with van der Waals surface area (Å²) < 4.78 is 0. The topological polar surface area (TPSA) is 70.2 Å². The molecule has 3 rings (SSSR count). The molecule has 148 valence electrons. The Morgan fingerprint density at radius 3 is 2.00 bits per heavy atom. The van der Waals surface area contributed by atoms with E-state index < -0.39 is 0 Å². The Morgan fingerprint density at radius 2 is 1.38 bits per heavy atom. The second-order valence-electron chi connectivity index (χ2n) is 6.98. The molecule has 3 aromatic carbocycles. The van der Waals surface area contributed by atoms with Gasteiger partial charge in [0.1, 0.15) is 0 Å². The summed E-state index contributed by atoms with van der Waals surface area (Å²) in [4.78, 5) is 24.1. The Labute approximate surface area is 171 Å². The van der Waals surface area contributed by atoms with Crippen LogP contribution in [0.1, 0.15) is 30.5 Å². The van der Waals surface area contributed by atoms with Crippen LogP contribution in [-0.2, 0) is 9.59 Å². The number of anilines is 3. The number of benzene rings is 3. The van der Waals surface area contributed by atoms with E-state index in [4.69, 9.17) is 0 Å². The summed E-state index contributed by atoms with van der Waals surface area (Å²) in [5.41, 5.74) is 4.68. The fourth-order valence-electron chi connectivity index (χ4n) is 3.02. The summed E-state index contributed by atoms with van der Waals surface area (Å²) >= 11 is 0. The van der Waals surface area contributed by atoms with Crippen molar-refractivity contribution in [2.75, 3.05) is 10.6 Å². The van der Waals surface area contributed by atoms with Crippen LogP contribution in [0, 0.1) is 6.92 Å². The van der Waals surface area contributed by atoms with Crippen LogP contribution < -0.4 is 16.0 Å². The monoisotopic (exact) mass is 387 g/mol. The molecule has 0 unspecified atom stereocenters.